The molecule has 2 aromatic rings. The van der Waals surface area contributed by atoms with Crippen LogP contribution in [0.3, 0.4) is 0 Å². The van der Waals surface area contributed by atoms with E-state index < -0.39 is 29.4 Å². The summed E-state index contributed by atoms with van der Waals surface area (Å²) in [6.07, 6.45) is 23.5. The number of rotatable bonds is 12. The Balaban J connectivity index is 0.000000138. The number of aliphatic carboxylic acids is 1. The van der Waals surface area contributed by atoms with Gasteiger partial charge in [-0.15, -0.1) is 0 Å². The van der Waals surface area contributed by atoms with E-state index in [4.69, 9.17) is 24.4 Å². The molecule has 6 fully saturated rings. The SMILES string of the molecule is CC(C)OC(=O)C1CC2C=CC1C2.CN.FC(F)(F)c1cccc(COC[C@H]2CC3C=CC2C3)c1.FC(F)(F)c1cccc(COC[C@H]2CC3CCC2C3)c1.O=C(O)C1CC2C=CC1C2.OC[C@H]1CC2C=CC1C2. The number of carbonyl (C=O) groups excluding carboxylic acids is 1. The number of carbonyl (C=O) groups is 2. The number of aliphatic hydroxyl groups excluding tert-OH is 1. The Hall–Kier alpha value is -4.24. The van der Waals surface area contributed by atoms with E-state index in [2.05, 4.69) is 54.3 Å². The van der Waals surface area contributed by atoms with Gasteiger partial charge in [0.1, 0.15) is 0 Å². The summed E-state index contributed by atoms with van der Waals surface area (Å²) in [4.78, 5) is 22.1. The van der Waals surface area contributed by atoms with Crippen LogP contribution in [-0.4, -0.2) is 55.1 Å². The average molecular weight is 1040 g/mol. The van der Waals surface area contributed by atoms with Gasteiger partial charge in [0.25, 0.3) is 0 Å². The fraction of sp³-hybridized carbons (Fsp3) is 0.633. The normalized spacial score (nSPS) is 33.3. The van der Waals surface area contributed by atoms with Crippen molar-refractivity contribution in [2.24, 2.45) is 94.5 Å². The van der Waals surface area contributed by atoms with E-state index in [-0.39, 0.29) is 37.1 Å². The van der Waals surface area contributed by atoms with Gasteiger partial charge in [-0.25, -0.2) is 0 Å². The number of nitrogens with two attached hydrogens (primary N) is 1. The van der Waals surface area contributed by atoms with E-state index >= 15 is 0 Å². The minimum Gasteiger partial charge on any atom is -0.481 e. The van der Waals surface area contributed by atoms with Gasteiger partial charge in [0.2, 0.25) is 0 Å². The summed E-state index contributed by atoms with van der Waals surface area (Å²) < 4.78 is 92.1. The fourth-order valence-electron chi connectivity index (χ4n) is 13.5. The summed E-state index contributed by atoms with van der Waals surface area (Å²) in [5, 5.41) is 17.6. The molecule has 0 aliphatic heterocycles. The molecule has 0 aromatic heterocycles. The summed E-state index contributed by atoms with van der Waals surface area (Å²) in [6, 6.07) is 10.8. The molecule has 10 aliphatic rings. The average Bonchev–Trinajstić information content (AvgIpc) is 4.24. The van der Waals surface area contributed by atoms with Crippen LogP contribution in [-0.2, 0) is 49.4 Å². The molecule has 0 spiro atoms. The molecule has 10 aliphatic carbocycles. The Labute approximate surface area is 434 Å². The molecule has 0 amide bonds. The number of allylic oxidation sites excluding steroid dienone is 8. The van der Waals surface area contributed by atoms with E-state index in [0.717, 1.165) is 67.9 Å². The van der Waals surface area contributed by atoms with Gasteiger partial charge in [0.05, 0.1) is 55.5 Å². The lowest BCUT2D eigenvalue weighted by molar-refractivity contribution is -0.153. The van der Waals surface area contributed by atoms with Gasteiger partial charge >= 0.3 is 24.3 Å². The first-order valence-electron chi connectivity index (χ1n) is 27.2. The Morgan fingerprint density at radius 3 is 1.38 bits per heavy atom. The zero-order valence-electron chi connectivity index (χ0n) is 43.3. The monoisotopic (exact) mass is 1040 g/mol. The number of hydrogen-bond donors (Lipinski definition) is 3. The van der Waals surface area contributed by atoms with E-state index in [1.807, 2.05) is 13.8 Å². The molecule has 2 aromatic carbocycles. The number of carboxylic acids is 1. The summed E-state index contributed by atoms with van der Waals surface area (Å²) in [5.41, 5.74) is 4.47. The highest BCUT2D eigenvalue weighted by molar-refractivity contribution is 5.74. The summed E-state index contributed by atoms with van der Waals surface area (Å²) in [6.45, 7) is 6.06. The highest BCUT2D eigenvalue weighted by Crippen LogP contribution is 2.49. The maximum Gasteiger partial charge on any atom is 0.416 e. The Bertz CT molecular complexity index is 2260. The van der Waals surface area contributed by atoms with Crippen molar-refractivity contribution in [1.29, 1.82) is 0 Å². The lowest BCUT2D eigenvalue weighted by Crippen LogP contribution is -2.24. The summed E-state index contributed by atoms with van der Waals surface area (Å²) in [7, 11) is 1.50. The number of aliphatic hydroxyl groups is 1. The summed E-state index contributed by atoms with van der Waals surface area (Å²) in [5.74, 6) is 7.78. The second kappa shape index (κ2) is 26.2. The molecular formula is C60H79F6NO7. The van der Waals surface area contributed by atoms with Crippen LogP contribution in [0.4, 0.5) is 26.3 Å². The van der Waals surface area contributed by atoms with Crippen molar-refractivity contribution < 1.29 is 60.4 Å². The van der Waals surface area contributed by atoms with Crippen LogP contribution in [0.2, 0.25) is 0 Å². The minimum absolute atomic E-state index is 0.00634. The van der Waals surface area contributed by atoms with E-state index in [1.54, 1.807) is 12.1 Å². The Morgan fingerprint density at radius 2 is 1.04 bits per heavy atom. The van der Waals surface area contributed by atoms with Crippen LogP contribution in [0, 0.1) is 88.8 Å². The first-order valence-corrected chi connectivity index (χ1v) is 27.2. The summed E-state index contributed by atoms with van der Waals surface area (Å²) >= 11 is 0. The predicted molar refractivity (Wildman–Crippen MR) is 273 cm³/mol. The molecule has 4 N–H and O–H groups in total. The van der Waals surface area contributed by atoms with Crippen LogP contribution in [0.15, 0.2) is 97.1 Å². The Morgan fingerprint density at radius 1 is 0.581 bits per heavy atom. The number of carboxylic acid groups (broad SMARTS) is 1. The standard InChI is InChI=1S/C16H19F3O.C16H17F3O.C11H16O2.C8H10O2.C8H12O.CH5N/c2*17-16(18,19)15-3-1-2-12(8-15)9-20-10-14-7-11-4-5-13(14)6-11;1-7(2)13-11(12)10-6-8-3-4-9(10)5-8;9-8(10)7-4-5-1-2-6(7)3-5;9-5-8-4-6-1-2-7(8)3-6;1-2/h1-3,8,11,13-14H,4-7,9-10H2;1-5,8,11,13-14H,6-7,9-10H2;3-4,7-10H,5-6H2,1-2H3;1-2,5-7H,3-4H2,(H,9,10);1-2,6-9H,3-5H2;2H2,1H3/t2*11?,13?,14-;;;6?,7?,8-;/m11..1./s1. The van der Waals surface area contributed by atoms with Gasteiger partial charge in [0.15, 0.2) is 0 Å². The van der Waals surface area contributed by atoms with E-state index in [0.29, 0.717) is 84.2 Å². The molecule has 10 bridgehead atoms. The molecule has 0 heterocycles. The molecule has 12 rings (SSSR count). The fourth-order valence-corrected chi connectivity index (χ4v) is 13.5. The molecule has 14 heteroatoms. The zero-order valence-corrected chi connectivity index (χ0v) is 43.3. The number of fused-ring (bicyclic) bond motifs is 10. The Kier molecular flexibility index (Phi) is 20.3. The van der Waals surface area contributed by atoms with Crippen LogP contribution < -0.4 is 5.73 Å². The van der Waals surface area contributed by atoms with Crippen molar-refractivity contribution in [3.05, 3.63) is 119 Å². The second-order valence-corrected chi connectivity index (χ2v) is 22.7. The first-order chi connectivity index (χ1) is 35.4. The van der Waals surface area contributed by atoms with Gasteiger partial charge in [0, 0.05) is 6.61 Å². The van der Waals surface area contributed by atoms with Crippen molar-refractivity contribution in [2.45, 2.75) is 123 Å². The second-order valence-electron chi connectivity index (χ2n) is 22.7. The molecule has 408 valence electrons. The number of benzene rings is 2. The van der Waals surface area contributed by atoms with E-state index in [9.17, 15) is 35.9 Å². The highest BCUT2D eigenvalue weighted by Gasteiger charge is 2.43. The van der Waals surface area contributed by atoms with Crippen molar-refractivity contribution >= 4 is 11.9 Å². The molecule has 0 radical (unpaired) electrons. The first kappa shape index (κ1) is 57.5. The van der Waals surface area contributed by atoms with Gasteiger partial charge < -0.3 is 30.2 Å². The van der Waals surface area contributed by atoms with Crippen LogP contribution in [0.5, 0.6) is 0 Å². The van der Waals surface area contributed by atoms with Crippen molar-refractivity contribution in [3.8, 4) is 0 Å². The van der Waals surface area contributed by atoms with Crippen LogP contribution in [0.1, 0.15) is 113 Å². The predicted octanol–water partition coefficient (Wildman–Crippen LogP) is 13.3. The lowest BCUT2D eigenvalue weighted by Gasteiger charge is -2.21. The number of alkyl halides is 6. The van der Waals surface area contributed by atoms with Crippen LogP contribution >= 0.6 is 0 Å². The topological polar surface area (TPSA) is 128 Å². The van der Waals surface area contributed by atoms with E-state index in [1.165, 1.54) is 76.3 Å². The number of hydrogen-bond acceptors (Lipinski definition) is 7. The molecule has 6 saturated carbocycles. The maximum absolute atomic E-state index is 12.6. The molecule has 15 atom stereocenters. The van der Waals surface area contributed by atoms with Crippen molar-refractivity contribution in [3.63, 3.8) is 0 Å². The third-order valence-electron chi connectivity index (χ3n) is 17.2. The smallest absolute Gasteiger partial charge is 0.416 e. The van der Waals surface area contributed by atoms with Crippen molar-refractivity contribution in [2.75, 3.05) is 26.9 Å². The number of esters is 1. The highest BCUT2D eigenvalue weighted by atomic mass is 19.4. The van der Waals surface area contributed by atoms with Gasteiger partial charge in [-0.2, -0.15) is 26.3 Å². The van der Waals surface area contributed by atoms with Crippen LogP contribution in [0.25, 0.3) is 0 Å². The quantitative estimate of drug-likeness (QED) is 0.109. The molecule has 12 unspecified atom stereocenters. The zero-order chi connectivity index (χ0) is 53.2. The third kappa shape index (κ3) is 15.7. The molecule has 0 saturated heterocycles. The van der Waals surface area contributed by atoms with Gasteiger partial charge in [-0.1, -0.05) is 79.3 Å². The molecule has 74 heavy (non-hydrogen) atoms. The number of halogens is 6. The minimum atomic E-state index is -4.29. The molecular weight excluding hydrogens is 961 g/mol. The molecule has 8 nitrogen and oxygen atoms in total. The van der Waals surface area contributed by atoms with Crippen molar-refractivity contribution in [1.82, 2.24) is 0 Å². The van der Waals surface area contributed by atoms with Gasteiger partial charge in [-0.3, -0.25) is 9.59 Å². The maximum atomic E-state index is 12.6. The third-order valence-corrected chi connectivity index (χ3v) is 17.2. The lowest BCUT2D eigenvalue weighted by atomic mass is 9.89. The van der Waals surface area contributed by atoms with Gasteiger partial charge in [-0.05, 0) is 204 Å². The number of ether oxygens (including phenoxy) is 3. The largest absolute Gasteiger partial charge is 0.481 e.